The number of esters is 1. The van der Waals surface area contributed by atoms with Crippen molar-refractivity contribution in [3.8, 4) is 5.75 Å². The molecule has 1 heterocycles. The van der Waals surface area contributed by atoms with Crippen molar-refractivity contribution < 1.29 is 23.9 Å². The first-order valence-corrected chi connectivity index (χ1v) is 14.1. The van der Waals surface area contributed by atoms with Gasteiger partial charge in [-0.2, -0.15) is 0 Å². The van der Waals surface area contributed by atoms with Crippen molar-refractivity contribution in [1.82, 2.24) is 9.88 Å². The predicted octanol–water partition coefficient (Wildman–Crippen LogP) is 4.89. The van der Waals surface area contributed by atoms with Gasteiger partial charge in [-0.3, -0.25) is 19.0 Å². The quantitative estimate of drug-likeness (QED) is 0.176. The number of benzene rings is 4. The van der Waals surface area contributed by atoms with E-state index in [0.29, 0.717) is 29.0 Å². The molecule has 0 bridgehead atoms. The summed E-state index contributed by atoms with van der Waals surface area (Å²) in [6, 6.07) is 29.3. The van der Waals surface area contributed by atoms with Gasteiger partial charge in [-0.15, -0.1) is 0 Å². The minimum absolute atomic E-state index is 0.0897. The number of fused-ring (bicyclic) bond motifs is 1. The van der Waals surface area contributed by atoms with Crippen LogP contribution in [0, 0.1) is 0 Å². The van der Waals surface area contributed by atoms with Gasteiger partial charge in [0.15, 0.2) is 5.78 Å². The Morgan fingerprint density at radius 3 is 2.17 bits per heavy atom. The lowest BCUT2D eigenvalue weighted by Crippen LogP contribution is -2.43. The van der Waals surface area contributed by atoms with Crippen LogP contribution in [0.5, 0.6) is 5.75 Å². The van der Waals surface area contributed by atoms with E-state index in [9.17, 15) is 19.2 Å². The van der Waals surface area contributed by atoms with E-state index in [4.69, 9.17) is 9.47 Å². The third-order valence-electron chi connectivity index (χ3n) is 6.74. The van der Waals surface area contributed by atoms with Crippen molar-refractivity contribution in [2.75, 3.05) is 13.7 Å². The fourth-order valence-corrected chi connectivity index (χ4v) is 5.51. The topological polar surface area (TPSA) is 104 Å². The summed E-state index contributed by atoms with van der Waals surface area (Å²) >= 11 is 1.10. The highest BCUT2D eigenvalue weighted by molar-refractivity contribution is 7.16. The van der Waals surface area contributed by atoms with Crippen LogP contribution in [0.15, 0.2) is 108 Å². The molecule has 1 unspecified atom stereocenters. The number of methoxy groups -OCH3 is 1. The number of carbonyl (C=O) groups excluding carboxylic acids is 3. The zero-order chi connectivity index (χ0) is 29.5. The molecule has 42 heavy (non-hydrogen) atoms. The third kappa shape index (κ3) is 6.64. The number of aromatic nitrogens is 1. The number of hydrogen-bond acceptors (Lipinski definition) is 7. The molecule has 0 aliphatic carbocycles. The molecule has 0 aliphatic heterocycles. The van der Waals surface area contributed by atoms with Crippen molar-refractivity contribution in [3.05, 3.63) is 135 Å². The summed E-state index contributed by atoms with van der Waals surface area (Å²) < 4.78 is 13.2. The molecule has 9 heteroatoms. The number of thiazole rings is 1. The second-order valence-corrected chi connectivity index (χ2v) is 10.5. The first kappa shape index (κ1) is 28.5. The molecule has 1 amide bonds. The molecule has 1 N–H and O–H groups in total. The van der Waals surface area contributed by atoms with Gasteiger partial charge in [-0.05, 0) is 48.0 Å². The highest BCUT2D eigenvalue weighted by Crippen LogP contribution is 2.21. The summed E-state index contributed by atoms with van der Waals surface area (Å²) in [6.45, 7) is 0.593. The second-order valence-electron chi connectivity index (χ2n) is 9.51. The standard InChI is InChI=1S/C33H28N2O6S/c1-40-32(38)27(34-31(37)24-10-6-3-7-11-24)20-22-12-15-26(16-13-22)41-19-18-35-28-17-14-25(21-29(28)42-33(35)39)30(36)23-8-4-2-5-9-23/h2-17,21,27H,18-20H2,1H3,(H,34,37). The molecule has 5 aromatic rings. The summed E-state index contributed by atoms with van der Waals surface area (Å²) in [7, 11) is 1.28. The first-order valence-electron chi connectivity index (χ1n) is 13.3. The van der Waals surface area contributed by atoms with Gasteiger partial charge in [0.2, 0.25) is 0 Å². The number of hydrogen-bond donors (Lipinski definition) is 1. The molecule has 0 saturated heterocycles. The lowest BCUT2D eigenvalue weighted by atomic mass is 10.0. The molecule has 0 spiro atoms. The van der Waals surface area contributed by atoms with Gasteiger partial charge in [-0.1, -0.05) is 72.0 Å². The molecule has 1 aromatic heterocycles. The Balaban J connectivity index is 1.19. The van der Waals surface area contributed by atoms with Crippen LogP contribution in [0.2, 0.25) is 0 Å². The van der Waals surface area contributed by atoms with Crippen molar-refractivity contribution in [2.24, 2.45) is 0 Å². The van der Waals surface area contributed by atoms with Crippen LogP contribution < -0.4 is 14.9 Å². The maximum Gasteiger partial charge on any atom is 0.328 e. The average molecular weight is 581 g/mol. The first-order chi connectivity index (χ1) is 20.4. The number of amides is 1. The largest absolute Gasteiger partial charge is 0.492 e. The van der Waals surface area contributed by atoms with Crippen molar-refractivity contribution in [1.29, 1.82) is 0 Å². The minimum Gasteiger partial charge on any atom is -0.492 e. The monoisotopic (exact) mass is 580 g/mol. The van der Waals surface area contributed by atoms with Crippen molar-refractivity contribution >= 4 is 39.2 Å². The molecule has 8 nitrogen and oxygen atoms in total. The summed E-state index contributed by atoms with van der Waals surface area (Å²) in [4.78, 5) is 50.3. The van der Waals surface area contributed by atoms with Gasteiger partial charge in [0, 0.05) is 23.1 Å². The fourth-order valence-electron chi connectivity index (χ4n) is 4.55. The van der Waals surface area contributed by atoms with Gasteiger partial charge in [0.25, 0.3) is 5.91 Å². The molecule has 0 aliphatic rings. The molecule has 0 fully saturated rings. The number of nitrogens with one attached hydrogen (secondary N) is 1. The average Bonchev–Trinajstić information content (AvgIpc) is 3.35. The van der Waals surface area contributed by atoms with E-state index in [0.717, 1.165) is 27.1 Å². The van der Waals surface area contributed by atoms with E-state index < -0.39 is 12.0 Å². The summed E-state index contributed by atoms with van der Waals surface area (Å²) in [5, 5.41) is 2.74. The number of ether oxygens (including phenoxy) is 2. The molecular weight excluding hydrogens is 552 g/mol. The third-order valence-corrected chi connectivity index (χ3v) is 7.68. The Kier molecular flexibility index (Phi) is 8.89. The van der Waals surface area contributed by atoms with E-state index in [1.165, 1.54) is 7.11 Å². The van der Waals surface area contributed by atoms with Crippen LogP contribution in [0.4, 0.5) is 0 Å². The molecule has 1 atom stereocenters. The molecule has 0 radical (unpaired) electrons. The zero-order valence-electron chi connectivity index (χ0n) is 22.8. The van der Waals surface area contributed by atoms with Gasteiger partial charge in [0.05, 0.1) is 23.9 Å². The van der Waals surface area contributed by atoms with Crippen molar-refractivity contribution in [2.45, 2.75) is 19.0 Å². The van der Waals surface area contributed by atoms with Crippen LogP contribution in [-0.4, -0.2) is 42.0 Å². The predicted molar refractivity (Wildman–Crippen MR) is 161 cm³/mol. The lowest BCUT2D eigenvalue weighted by Gasteiger charge is -2.17. The van der Waals surface area contributed by atoms with Crippen LogP contribution in [0.3, 0.4) is 0 Å². The van der Waals surface area contributed by atoms with Gasteiger partial charge < -0.3 is 14.8 Å². The Morgan fingerprint density at radius 1 is 0.833 bits per heavy atom. The maximum absolute atomic E-state index is 12.8. The number of carbonyl (C=O) groups is 3. The molecular formula is C33H28N2O6S. The maximum atomic E-state index is 12.8. The summed E-state index contributed by atoms with van der Waals surface area (Å²) in [5.41, 5.74) is 3.15. The van der Waals surface area contributed by atoms with Gasteiger partial charge >= 0.3 is 10.8 Å². The number of ketones is 1. The second kappa shape index (κ2) is 13.1. The zero-order valence-corrected chi connectivity index (χ0v) is 23.6. The van der Waals surface area contributed by atoms with Crippen LogP contribution in [0.25, 0.3) is 10.2 Å². The number of nitrogens with zero attached hydrogens (tertiary/aromatic N) is 1. The van der Waals surface area contributed by atoms with E-state index in [1.807, 2.05) is 36.4 Å². The van der Waals surface area contributed by atoms with Crippen molar-refractivity contribution in [3.63, 3.8) is 0 Å². The smallest absolute Gasteiger partial charge is 0.328 e. The van der Waals surface area contributed by atoms with Crippen LogP contribution in [-0.2, 0) is 22.5 Å². The summed E-state index contributed by atoms with van der Waals surface area (Å²) in [6.07, 6.45) is 0.247. The molecule has 0 saturated carbocycles. The minimum atomic E-state index is -0.850. The Bertz CT molecular complexity index is 1760. The Morgan fingerprint density at radius 2 is 1.50 bits per heavy atom. The molecule has 212 valence electrons. The normalized spacial score (nSPS) is 11.5. The van der Waals surface area contributed by atoms with Gasteiger partial charge in [0.1, 0.15) is 18.4 Å². The SMILES string of the molecule is COC(=O)C(Cc1ccc(OCCn2c(=O)sc3cc(C(=O)c4ccccc4)ccc32)cc1)NC(=O)c1ccccc1. The molecule has 4 aromatic carbocycles. The van der Waals surface area contributed by atoms with E-state index in [1.54, 1.807) is 71.3 Å². The Hall–Kier alpha value is -5.02. The number of rotatable bonds is 11. The van der Waals surface area contributed by atoms with Gasteiger partial charge in [-0.25, -0.2) is 4.79 Å². The van der Waals surface area contributed by atoms with Crippen LogP contribution in [0.1, 0.15) is 31.8 Å². The Labute approximate surface area is 246 Å². The summed E-state index contributed by atoms with van der Waals surface area (Å²) in [5.74, 6) is -0.385. The van der Waals surface area contributed by atoms with E-state index >= 15 is 0 Å². The van der Waals surface area contributed by atoms with E-state index in [2.05, 4.69) is 5.32 Å². The highest BCUT2D eigenvalue weighted by Gasteiger charge is 2.22. The highest BCUT2D eigenvalue weighted by atomic mass is 32.1. The van der Waals surface area contributed by atoms with E-state index in [-0.39, 0.29) is 29.6 Å². The van der Waals surface area contributed by atoms with Crippen LogP contribution >= 0.6 is 11.3 Å². The molecule has 5 rings (SSSR count). The fraction of sp³-hybridized carbons (Fsp3) is 0.152. The lowest BCUT2D eigenvalue weighted by molar-refractivity contribution is -0.142.